The van der Waals surface area contributed by atoms with Crippen molar-refractivity contribution in [2.45, 2.75) is 66.4 Å². The van der Waals surface area contributed by atoms with Gasteiger partial charge >= 0.3 is 272 Å². The van der Waals surface area contributed by atoms with Crippen LogP contribution < -0.4 is 21.2 Å². The van der Waals surface area contributed by atoms with Crippen molar-refractivity contribution in [2.24, 2.45) is 0 Å². The topological polar surface area (TPSA) is 3.24 Å². The van der Waals surface area contributed by atoms with Crippen LogP contribution in [0.2, 0.25) is 42.8 Å². The van der Waals surface area contributed by atoms with Crippen molar-refractivity contribution in [3.63, 3.8) is 0 Å². The molecule has 10 fully saturated rings. The molecule has 0 aromatic heterocycles. The second-order valence-electron chi connectivity index (χ2n) is 18.5. The van der Waals surface area contributed by atoms with Crippen LogP contribution in [0.4, 0.5) is 0 Å². The van der Waals surface area contributed by atoms with Gasteiger partial charge in [-0.05, 0) is 0 Å². The van der Waals surface area contributed by atoms with Crippen molar-refractivity contribution >= 4 is 37.2 Å². The molecule has 5 aromatic carbocycles. The summed E-state index contributed by atoms with van der Waals surface area (Å²) in [6, 6.07) is 59.7. The molecule has 1 nitrogen and oxygen atoms in total. The molecular formula is C43H39FeNP2. The van der Waals surface area contributed by atoms with Crippen molar-refractivity contribution in [2.75, 3.05) is 0 Å². The van der Waals surface area contributed by atoms with E-state index in [9.17, 15) is 0 Å². The molecule has 0 bridgehead atoms. The SMILES string of the molecule is CC(N(Cc1ccccc1)P(c1ccccc1)c1ccccc1)[C@]12[CH]3[CH]4[CH]5[C]1(P(c1ccccc1)c1ccccc1)[Fe]45321678[CH]2[CH]1[CH]6[CH]7[CH]28. The molecule has 5 aromatic rings. The Morgan fingerprint density at radius 3 is 1.34 bits per heavy atom. The number of rotatable bonds is 10. The summed E-state index contributed by atoms with van der Waals surface area (Å²) < 4.78 is 4.47. The van der Waals surface area contributed by atoms with Crippen LogP contribution in [0, 0.1) is 0 Å². The summed E-state index contributed by atoms with van der Waals surface area (Å²) in [5.41, 5.74) is 1.48. The summed E-state index contributed by atoms with van der Waals surface area (Å²) in [6.07, 6.45) is 0. The zero-order valence-corrected chi connectivity index (χ0v) is 29.4. The zero-order valence-electron chi connectivity index (χ0n) is 26.5. The van der Waals surface area contributed by atoms with Crippen LogP contribution in [-0.2, 0) is 13.1 Å². The van der Waals surface area contributed by atoms with Crippen molar-refractivity contribution in [1.82, 2.24) is 4.67 Å². The van der Waals surface area contributed by atoms with Gasteiger partial charge in [0.1, 0.15) is 0 Å². The average molecular weight is 688 g/mol. The molecule has 1 spiro atoms. The van der Waals surface area contributed by atoms with Gasteiger partial charge in [-0.2, -0.15) is 0 Å². The number of hydrogen-bond acceptors (Lipinski definition) is 1. The molecule has 0 aliphatic carbocycles. The second-order valence-corrected chi connectivity index (χ2v) is 46.7. The molecular weight excluding hydrogens is 648 g/mol. The standard InChI is InChI=1S/C38H34NP2.C5H5.Fe/c1-31(37-28-17-29-38(37)40(33-20-9-3-10-21-33)34-22-11-4-12-23-34)39(30-32-18-7-2-8-19-32)41(35-24-13-5-14-25-35)36-26-15-6-16-27-36;1-2-4-5-3-1;/h2-29,31H,30H2,1H3;1-5H;. The Morgan fingerprint density at radius 1 is 0.532 bits per heavy atom. The predicted octanol–water partition coefficient (Wildman–Crippen LogP) is 9.72. The Bertz CT molecular complexity index is 2470. The van der Waals surface area contributed by atoms with Crippen LogP contribution in [0.5, 0.6) is 0 Å². The molecule has 10 aliphatic heterocycles. The van der Waals surface area contributed by atoms with E-state index in [1.165, 1.54) is 54.7 Å². The van der Waals surface area contributed by atoms with E-state index < -0.39 is 14.6 Å². The summed E-state index contributed by atoms with van der Waals surface area (Å²) in [5, 5.41) is 6.45. The number of fused-ring (bicyclic) bond motifs is 10. The summed E-state index contributed by atoms with van der Waals surface area (Å²) in [7, 11) is -1.06. The van der Waals surface area contributed by atoms with E-state index in [1.54, 1.807) is 10.6 Å². The number of hydrogen-bond donors (Lipinski definition) is 0. The molecule has 0 amide bonds. The van der Waals surface area contributed by atoms with Gasteiger partial charge in [-0.3, -0.25) is 0 Å². The minimum atomic E-state index is -3.98. The zero-order chi connectivity index (χ0) is 30.5. The fraction of sp³-hybridized carbons (Fsp3) is 0.302. The molecule has 10 saturated heterocycles. The average Bonchev–Trinajstić information content (AvgIpc) is 4.09. The maximum atomic E-state index is 3.15. The molecule has 0 N–H and O–H groups in total. The maximum absolute atomic E-state index is 3.98. The summed E-state index contributed by atoms with van der Waals surface area (Å²) in [4.78, 5) is 9.87. The first-order chi connectivity index (χ1) is 23.0. The van der Waals surface area contributed by atoms with Crippen LogP contribution in [0.3, 0.4) is 0 Å². The fourth-order valence-corrected chi connectivity index (χ4v) is 118. The van der Waals surface area contributed by atoms with Crippen molar-refractivity contribution in [3.8, 4) is 0 Å². The number of benzene rings is 5. The molecule has 15 rings (SSSR count). The third kappa shape index (κ3) is 0.805. The van der Waals surface area contributed by atoms with Gasteiger partial charge < -0.3 is 0 Å². The van der Waals surface area contributed by atoms with Gasteiger partial charge in [0.25, 0.3) is 0 Å². The minimum absolute atomic E-state index is 0.381. The monoisotopic (exact) mass is 687 g/mol. The second kappa shape index (κ2) is 4.53. The Labute approximate surface area is 270 Å². The van der Waals surface area contributed by atoms with Gasteiger partial charge in [0, 0.05) is 0 Å². The molecule has 10 heterocycles. The Hall–Kier alpha value is -2.56. The normalized spacial score (nSPS) is 52.9. The predicted molar refractivity (Wildman–Crippen MR) is 195 cm³/mol. The third-order valence-electron chi connectivity index (χ3n) is 21.8. The Balaban J connectivity index is 1.01. The Kier molecular flexibility index (Phi) is 2.37. The van der Waals surface area contributed by atoms with Crippen LogP contribution >= 0.6 is 16.0 Å². The fourth-order valence-electron chi connectivity index (χ4n) is 23.1. The first kappa shape index (κ1) is 24.6. The van der Waals surface area contributed by atoms with Crippen molar-refractivity contribution in [3.05, 3.63) is 157 Å². The van der Waals surface area contributed by atoms with Crippen LogP contribution in [-0.4, -0.2) is 14.8 Å². The summed E-state index contributed by atoms with van der Waals surface area (Å²) >= 11 is 0. The van der Waals surface area contributed by atoms with E-state index in [4.69, 9.17) is 0 Å². The van der Waals surface area contributed by atoms with E-state index in [1.807, 2.05) is 0 Å². The van der Waals surface area contributed by atoms with Crippen molar-refractivity contribution in [1.29, 1.82) is 0 Å². The Morgan fingerprint density at radius 2 is 0.936 bits per heavy atom. The summed E-state index contributed by atoms with van der Waals surface area (Å²) in [5.74, 6) is 0. The molecule has 0 saturated carbocycles. The van der Waals surface area contributed by atoms with Crippen LogP contribution in [0.15, 0.2) is 152 Å². The quantitative estimate of drug-likeness (QED) is 0.104. The molecule has 5 unspecified atom stereocenters. The van der Waals surface area contributed by atoms with Gasteiger partial charge in [0.15, 0.2) is 0 Å². The molecule has 4 heteroatoms. The van der Waals surface area contributed by atoms with Gasteiger partial charge in [-0.25, -0.2) is 0 Å². The van der Waals surface area contributed by atoms with Crippen LogP contribution in [0.1, 0.15) is 12.5 Å². The van der Waals surface area contributed by atoms with Gasteiger partial charge in [0.2, 0.25) is 0 Å². The van der Waals surface area contributed by atoms with E-state index in [0.29, 0.717) is 14.4 Å². The summed E-state index contributed by atoms with van der Waals surface area (Å²) in [6.45, 7) is -0.114. The first-order valence-electron chi connectivity index (χ1n) is 17.8. The number of nitrogens with zero attached hydrogens (tertiary/aromatic N) is 1. The van der Waals surface area contributed by atoms with E-state index in [0.717, 1.165) is 6.54 Å². The molecule has 234 valence electrons. The molecule has 10 aliphatic rings. The van der Waals surface area contributed by atoms with Gasteiger partial charge in [-0.15, -0.1) is 0 Å². The van der Waals surface area contributed by atoms with Crippen molar-refractivity contribution < 1.29 is 6.51 Å². The third-order valence-corrected chi connectivity index (χ3v) is 74.5. The van der Waals surface area contributed by atoms with Crippen LogP contribution in [0.25, 0.3) is 0 Å². The van der Waals surface area contributed by atoms with E-state index in [-0.39, 0.29) is 7.92 Å². The van der Waals surface area contributed by atoms with Gasteiger partial charge in [-0.1, -0.05) is 0 Å². The first-order valence-corrected chi connectivity index (χ1v) is 26.7. The van der Waals surface area contributed by atoms with Gasteiger partial charge in [0.05, 0.1) is 0 Å². The molecule has 47 heavy (non-hydrogen) atoms. The molecule has 6 atom stereocenters. The van der Waals surface area contributed by atoms with E-state index >= 15 is 0 Å². The van der Waals surface area contributed by atoms with E-state index in [2.05, 4.69) is 163 Å². The molecule has 0 radical (unpaired) electrons.